The van der Waals surface area contributed by atoms with Gasteiger partial charge in [-0.3, -0.25) is 14.6 Å². The first-order valence-electron chi connectivity index (χ1n) is 9.53. The van der Waals surface area contributed by atoms with Crippen molar-refractivity contribution in [1.82, 2.24) is 30.1 Å². The molecule has 8 heteroatoms. The molecule has 0 aliphatic carbocycles. The molecule has 1 amide bonds. The molecule has 0 spiro atoms. The highest BCUT2D eigenvalue weighted by atomic mass is 35.5. The molecule has 0 bridgehead atoms. The van der Waals surface area contributed by atoms with Crippen LogP contribution >= 0.6 is 11.6 Å². The van der Waals surface area contributed by atoms with Crippen LogP contribution in [0.2, 0.25) is 5.02 Å². The van der Waals surface area contributed by atoms with E-state index in [4.69, 9.17) is 11.6 Å². The summed E-state index contributed by atoms with van der Waals surface area (Å²) < 4.78 is 2.01. The van der Waals surface area contributed by atoms with E-state index in [1.165, 1.54) is 5.56 Å². The van der Waals surface area contributed by atoms with Crippen LogP contribution in [0.5, 0.6) is 0 Å². The molecule has 2 saturated heterocycles. The number of nitrogens with zero attached hydrogens (tertiary/aromatic N) is 5. The normalized spacial score (nSPS) is 20.0. The van der Waals surface area contributed by atoms with Crippen molar-refractivity contribution in [3.05, 3.63) is 46.7 Å². The molecule has 144 valence electrons. The van der Waals surface area contributed by atoms with E-state index in [0.29, 0.717) is 25.7 Å². The molecule has 0 unspecified atom stereocenters. The van der Waals surface area contributed by atoms with Gasteiger partial charge in [0.2, 0.25) is 5.91 Å². The zero-order chi connectivity index (χ0) is 18.6. The Balaban J connectivity index is 1.29. The minimum atomic E-state index is 0.0829. The quantitative estimate of drug-likeness (QED) is 0.844. The van der Waals surface area contributed by atoms with Crippen molar-refractivity contribution < 1.29 is 4.79 Å². The van der Waals surface area contributed by atoms with Crippen molar-refractivity contribution >= 4 is 17.5 Å². The average molecular weight is 389 g/mol. The Morgan fingerprint density at radius 1 is 1.11 bits per heavy atom. The van der Waals surface area contributed by atoms with E-state index in [9.17, 15) is 4.79 Å². The predicted octanol–water partition coefficient (Wildman–Crippen LogP) is 1.70. The Bertz CT molecular complexity index is 786. The second-order valence-electron chi connectivity index (χ2n) is 7.35. The summed E-state index contributed by atoms with van der Waals surface area (Å²) in [6.45, 7) is 5.63. The summed E-state index contributed by atoms with van der Waals surface area (Å²) in [7, 11) is 0. The van der Waals surface area contributed by atoms with Crippen LogP contribution in [0.3, 0.4) is 0 Å². The number of halogens is 1. The molecule has 1 aromatic carbocycles. The smallest absolute Gasteiger partial charge is 0.234 e. The van der Waals surface area contributed by atoms with Gasteiger partial charge in [0.1, 0.15) is 0 Å². The lowest BCUT2D eigenvalue weighted by Gasteiger charge is -2.32. The van der Waals surface area contributed by atoms with Gasteiger partial charge in [-0.2, -0.15) is 0 Å². The number of amides is 1. The largest absolute Gasteiger partial charge is 0.354 e. The molecule has 2 aromatic rings. The summed E-state index contributed by atoms with van der Waals surface area (Å²) in [4.78, 5) is 16.0. The summed E-state index contributed by atoms with van der Waals surface area (Å²) >= 11 is 6.28. The second-order valence-corrected chi connectivity index (χ2v) is 7.76. The Labute approximate surface area is 164 Å². The maximum atomic E-state index is 11.5. The van der Waals surface area contributed by atoms with Crippen molar-refractivity contribution in [2.45, 2.75) is 32.0 Å². The molecule has 1 N–H and O–H groups in total. The number of aromatic nitrogens is 3. The molecular weight excluding hydrogens is 364 g/mol. The minimum Gasteiger partial charge on any atom is -0.354 e. The molecule has 4 rings (SSSR count). The molecule has 1 aromatic heterocycles. The van der Waals surface area contributed by atoms with Crippen molar-refractivity contribution in [2.75, 3.05) is 32.7 Å². The monoisotopic (exact) mass is 388 g/mol. The molecule has 0 atom stereocenters. The number of piperazine rings is 1. The van der Waals surface area contributed by atoms with Crippen LogP contribution in [-0.2, 0) is 17.9 Å². The van der Waals surface area contributed by atoms with E-state index in [-0.39, 0.29) is 5.91 Å². The first-order valence-corrected chi connectivity index (χ1v) is 9.91. The van der Waals surface area contributed by atoms with Crippen LogP contribution in [0.25, 0.3) is 0 Å². The van der Waals surface area contributed by atoms with Gasteiger partial charge in [0.15, 0.2) is 0 Å². The molecule has 2 aliphatic rings. The number of nitrogens with one attached hydrogen (secondary N) is 1. The highest BCUT2D eigenvalue weighted by Gasteiger charge is 2.23. The van der Waals surface area contributed by atoms with Crippen LogP contribution in [0.4, 0.5) is 0 Å². The highest BCUT2D eigenvalue weighted by molar-refractivity contribution is 6.31. The molecule has 0 radical (unpaired) electrons. The van der Waals surface area contributed by atoms with E-state index < -0.39 is 0 Å². The topological polar surface area (TPSA) is 66.3 Å². The Hall–Kier alpha value is -1.96. The fourth-order valence-electron chi connectivity index (χ4n) is 3.83. The summed E-state index contributed by atoms with van der Waals surface area (Å²) in [5.74, 6) is 0.0829. The van der Waals surface area contributed by atoms with Gasteiger partial charge < -0.3 is 5.32 Å². The third kappa shape index (κ3) is 4.66. The maximum Gasteiger partial charge on any atom is 0.234 e. The van der Waals surface area contributed by atoms with Gasteiger partial charge in [0.25, 0.3) is 0 Å². The second kappa shape index (κ2) is 8.37. The number of carbonyl (C=O) groups excluding carboxylic acids is 1. The van der Waals surface area contributed by atoms with Crippen LogP contribution in [0.15, 0.2) is 30.5 Å². The van der Waals surface area contributed by atoms with Crippen molar-refractivity contribution in [3.8, 4) is 0 Å². The molecule has 0 saturated carbocycles. The Kier molecular flexibility index (Phi) is 5.71. The van der Waals surface area contributed by atoms with Crippen LogP contribution in [-0.4, -0.2) is 63.4 Å². The Morgan fingerprint density at radius 3 is 2.70 bits per heavy atom. The van der Waals surface area contributed by atoms with Crippen molar-refractivity contribution in [2.24, 2.45) is 0 Å². The summed E-state index contributed by atoms with van der Waals surface area (Å²) in [6, 6.07) is 8.44. The van der Waals surface area contributed by atoms with Crippen molar-refractivity contribution in [1.29, 1.82) is 0 Å². The summed E-state index contributed by atoms with van der Waals surface area (Å²) in [6.07, 6.45) is 4.15. The first-order chi connectivity index (χ1) is 13.2. The number of benzene rings is 1. The SMILES string of the molecule is O=C1CN(Cc2cn(C3CCN(Cc4ccccc4Cl)CC3)nn2)CCN1. The van der Waals surface area contributed by atoms with Gasteiger partial charge in [-0.05, 0) is 24.5 Å². The summed E-state index contributed by atoms with van der Waals surface area (Å²) in [5.41, 5.74) is 2.12. The average Bonchev–Trinajstić information content (AvgIpc) is 3.13. The predicted molar refractivity (Wildman–Crippen MR) is 103 cm³/mol. The molecule has 2 aliphatic heterocycles. The van der Waals surface area contributed by atoms with E-state index >= 15 is 0 Å². The van der Waals surface area contributed by atoms with Gasteiger partial charge in [0, 0.05) is 44.3 Å². The van der Waals surface area contributed by atoms with Crippen LogP contribution < -0.4 is 5.32 Å². The fraction of sp³-hybridized carbons (Fsp3) is 0.526. The number of piperidine rings is 1. The highest BCUT2D eigenvalue weighted by Crippen LogP contribution is 2.25. The van der Waals surface area contributed by atoms with Gasteiger partial charge in [0.05, 0.1) is 24.5 Å². The Morgan fingerprint density at radius 2 is 1.93 bits per heavy atom. The number of hydrogen-bond acceptors (Lipinski definition) is 5. The third-order valence-corrected chi connectivity index (χ3v) is 5.71. The molecule has 3 heterocycles. The van der Waals surface area contributed by atoms with Gasteiger partial charge >= 0.3 is 0 Å². The molecule has 2 fully saturated rings. The zero-order valence-corrected chi connectivity index (χ0v) is 16.1. The zero-order valence-electron chi connectivity index (χ0n) is 15.4. The first kappa shape index (κ1) is 18.4. The molecule has 7 nitrogen and oxygen atoms in total. The molecular formula is C19H25ClN6O. The van der Waals surface area contributed by atoms with E-state index in [1.807, 2.05) is 29.1 Å². The lowest BCUT2D eigenvalue weighted by atomic mass is 10.0. The van der Waals surface area contributed by atoms with Crippen molar-refractivity contribution in [3.63, 3.8) is 0 Å². The minimum absolute atomic E-state index is 0.0829. The van der Waals surface area contributed by atoms with E-state index in [2.05, 4.69) is 31.5 Å². The molecule has 27 heavy (non-hydrogen) atoms. The number of rotatable bonds is 5. The van der Waals surface area contributed by atoms with E-state index in [0.717, 1.165) is 49.7 Å². The van der Waals surface area contributed by atoms with Gasteiger partial charge in [-0.15, -0.1) is 5.10 Å². The van der Waals surface area contributed by atoms with Gasteiger partial charge in [-0.25, -0.2) is 4.68 Å². The standard InChI is InChI=1S/C19H25ClN6O/c20-18-4-2-1-3-15(18)11-24-8-5-17(6-9-24)26-13-16(22-23-26)12-25-10-7-21-19(27)14-25/h1-4,13,17H,5-12,14H2,(H,21,27). The fourth-order valence-corrected chi connectivity index (χ4v) is 4.02. The van der Waals surface area contributed by atoms with Crippen LogP contribution in [0.1, 0.15) is 30.1 Å². The van der Waals surface area contributed by atoms with Crippen LogP contribution in [0, 0.1) is 0 Å². The lowest BCUT2D eigenvalue weighted by Crippen LogP contribution is -2.47. The maximum absolute atomic E-state index is 11.5. The third-order valence-electron chi connectivity index (χ3n) is 5.34. The van der Waals surface area contributed by atoms with E-state index in [1.54, 1.807) is 0 Å². The number of carbonyl (C=O) groups is 1. The number of hydrogen-bond donors (Lipinski definition) is 1. The van der Waals surface area contributed by atoms with Gasteiger partial charge in [-0.1, -0.05) is 35.0 Å². The summed E-state index contributed by atoms with van der Waals surface area (Å²) in [5, 5.41) is 12.3. The lowest BCUT2D eigenvalue weighted by molar-refractivity contribution is -0.124. The number of likely N-dealkylation sites (tertiary alicyclic amines) is 1.